The van der Waals surface area contributed by atoms with Crippen LogP contribution in [0.1, 0.15) is 10.5 Å². The summed E-state index contributed by atoms with van der Waals surface area (Å²) in [5.74, 6) is -1.01. The maximum Gasteiger partial charge on any atom is 0.353 e. The molecule has 0 spiro atoms. The zero-order valence-corrected chi connectivity index (χ0v) is 7.38. The van der Waals surface area contributed by atoms with E-state index in [0.717, 1.165) is 0 Å². The largest absolute Gasteiger partial charge is 0.477 e. The smallest absolute Gasteiger partial charge is 0.353 e. The predicted octanol–water partition coefficient (Wildman–Crippen LogP) is 2.22. The van der Waals surface area contributed by atoms with Crippen molar-refractivity contribution in [1.82, 2.24) is 4.98 Å². The van der Waals surface area contributed by atoms with Gasteiger partial charge in [-0.2, -0.15) is 0 Å². The molecular weight excluding hydrogens is 226 g/mol. The lowest BCUT2D eigenvalue weighted by Crippen LogP contribution is -1.96. The summed E-state index contributed by atoms with van der Waals surface area (Å²) < 4.78 is 5.49. The van der Waals surface area contributed by atoms with Gasteiger partial charge >= 0.3 is 5.97 Å². The number of rotatable bonds is 1. The second-order valence-electron chi connectivity index (χ2n) is 2.28. The van der Waals surface area contributed by atoms with Crippen molar-refractivity contribution in [2.75, 3.05) is 0 Å². The van der Waals surface area contributed by atoms with E-state index in [4.69, 9.17) is 9.52 Å². The van der Waals surface area contributed by atoms with Crippen molar-refractivity contribution < 1.29 is 14.3 Å². The molecule has 0 aliphatic rings. The number of H-pyrrole nitrogens is 1. The molecule has 0 saturated heterocycles. The molecule has 0 unspecified atom stereocenters. The number of aromatic amines is 1. The number of aromatic nitrogens is 1. The molecule has 0 atom stereocenters. The molecule has 2 N–H and O–H groups in total. The summed E-state index contributed by atoms with van der Waals surface area (Å²) in [5.41, 5.74) is 1.33. The molecular formula is C7H4BrNO3. The number of hydrogen-bond donors (Lipinski definition) is 2. The molecule has 0 radical (unpaired) electrons. The second kappa shape index (κ2) is 2.38. The van der Waals surface area contributed by atoms with E-state index in [-0.39, 0.29) is 5.69 Å². The molecule has 2 aromatic heterocycles. The minimum atomic E-state index is -1.01. The van der Waals surface area contributed by atoms with Gasteiger partial charge in [0.05, 0.1) is 16.3 Å². The van der Waals surface area contributed by atoms with Crippen LogP contribution in [0.15, 0.2) is 21.2 Å². The van der Waals surface area contributed by atoms with Gasteiger partial charge in [0.25, 0.3) is 0 Å². The molecule has 12 heavy (non-hydrogen) atoms. The van der Waals surface area contributed by atoms with Gasteiger partial charge in [-0.05, 0) is 15.9 Å². The first-order valence-corrected chi connectivity index (χ1v) is 3.97. The van der Waals surface area contributed by atoms with Crippen LogP contribution in [0.3, 0.4) is 0 Å². The first-order chi connectivity index (χ1) is 5.70. The minimum absolute atomic E-state index is 0.115. The Hall–Kier alpha value is -1.23. The van der Waals surface area contributed by atoms with Crippen LogP contribution in [0.25, 0.3) is 11.1 Å². The number of carbonyl (C=O) groups is 1. The van der Waals surface area contributed by atoms with Gasteiger partial charge in [-0.25, -0.2) is 4.79 Å². The average Bonchev–Trinajstić information content (AvgIpc) is 2.53. The van der Waals surface area contributed by atoms with Crippen molar-refractivity contribution >= 4 is 33.0 Å². The van der Waals surface area contributed by atoms with E-state index in [1.54, 1.807) is 6.07 Å². The fourth-order valence-corrected chi connectivity index (χ4v) is 1.60. The van der Waals surface area contributed by atoms with E-state index in [1.807, 2.05) is 0 Å². The molecule has 2 heterocycles. The Balaban J connectivity index is 2.78. The lowest BCUT2D eigenvalue weighted by molar-refractivity contribution is 0.0690. The number of hydrogen-bond acceptors (Lipinski definition) is 2. The molecule has 0 saturated carbocycles. The summed E-state index contributed by atoms with van der Waals surface area (Å²) in [6.07, 6.45) is 1.50. The quantitative estimate of drug-likeness (QED) is 0.789. The number of halogens is 1. The SMILES string of the molecule is O=C(O)c1[nH]c2ccoc2c1Br. The second-order valence-corrected chi connectivity index (χ2v) is 3.08. The fourth-order valence-electron chi connectivity index (χ4n) is 1.03. The molecule has 0 bridgehead atoms. The lowest BCUT2D eigenvalue weighted by atomic mass is 10.4. The van der Waals surface area contributed by atoms with Crippen molar-refractivity contribution in [3.05, 3.63) is 22.5 Å². The minimum Gasteiger partial charge on any atom is -0.477 e. The van der Waals surface area contributed by atoms with E-state index >= 15 is 0 Å². The molecule has 0 aliphatic carbocycles. The van der Waals surface area contributed by atoms with Gasteiger partial charge in [0, 0.05) is 6.07 Å². The van der Waals surface area contributed by atoms with E-state index in [1.165, 1.54) is 6.26 Å². The summed E-state index contributed by atoms with van der Waals surface area (Å²) in [7, 11) is 0. The van der Waals surface area contributed by atoms with E-state index in [9.17, 15) is 4.79 Å². The first kappa shape index (κ1) is 7.42. The zero-order valence-electron chi connectivity index (χ0n) is 5.80. The summed E-state index contributed by atoms with van der Waals surface area (Å²) in [6, 6.07) is 1.67. The van der Waals surface area contributed by atoms with Crippen LogP contribution in [0, 0.1) is 0 Å². The third kappa shape index (κ3) is 0.863. The van der Waals surface area contributed by atoms with Crippen LogP contribution in [0.4, 0.5) is 0 Å². The highest BCUT2D eigenvalue weighted by Gasteiger charge is 2.16. The van der Waals surface area contributed by atoms with Gasteiger partial charge in [0.1, 0.15) is 5.69 Å². The normalized spacial score (nSPS) is 10.8. The van der Waals surface area contributed by atoms with Crippen LogP contribution < -0.4 is 0 Å². The number of fused-ring (bicyclic) bond motifs is 1. The first-order valence-electron chi connectivity index (χ1n) is 3.18. The Labute approximate surface area is 75.3 Å². The van der Waals surface area contributed by atoms with Crippen molar-refractivity contribution in [1.29, 1.82) is 0 Å². The molecule has 0 fully saturated rings. The number of nitrogens with one attached hydrogen (secondary N) is 1. The van der Waals surface area contributed by atoms with Crippen molar-refractivity contribution in [3.8, 4) is 0 Å². The van der Waals surface area contributed by atoms with Crippen LogP contribution >= 0.6 is 15.9 Å². The summed E-state index contributed by atoms with van der Waals surface area (Å²) in [4.78, 5) is 13.3. The zero-order chi connectivity index (χ0) is 8.72. The molecule has 0 aromatic carbocycles. The van der Waals surface area contributed by atoms with Gasteiger partial charge in [-0.1, -0.05) is 0 Å². The highest BCUT2D eigenvalue weighted by Crippen LogP contribution is 2.28. The summed E-state index contributed by atoms with van der Waals surface area (Å²) in [6.45, 7) is 0. The third-order valence-corrected chi connectivity index (χ3v) is 2.31. The fraction of sp³-hybridized carbons (Fsp3) is 0. The Morgan fingerprint density at radius 3 is 3.00 bits per heavy atom. The highest BCUT2D eigenvalue weighted by atomic mass is 79.9. The van der Waals surface area contributed by atoms with Crippen LogP contribution in [0.2, 0.25) is 0 Å². The maximum atomic E-state index is 10.6. The Morgan fingerprint density at radius 1 is 1.67 bits per heavy atom. The van der Waals surface area contributed by atoms with Crippen molar-refractivity contribution in [3.63, 3.8) is 0 Å². The van der Waals surface area contributed by atoms with Crippen LogP contribution in [-0.4, -0.2) is 16.1 Å². The van der Waals surface area contributed by atoms with Gasteiger partial charge in [0.2, 0.25) is 0 Å². The number of furan rings is 1. The molecule has 5 heteroatoms. The molecule has 0 aliphatic heterocycles. The third-order valence-electron chi connectivity index (χ3n) is 1.56. The van der Waals surface area contributed by atoms with E-state index < -0.39 is 5.97 Å². The molecule has 4 nitrogen and oxygen atoms in total. The summed E-state index contributed by atoms with van der Waals surface area (Å²) in [5, 5.41) is 8.68. The van der Waals surface area contributed by atoms with Crippen molar-refractivity contribution in [2.45, 2.75) is 0 Å². The Kier molecular flexibility index (Phi) is 1.47. The highest BCUT2D eigenvalue weighted by molar-refractivity contribution is 9.10. The molecule has 2 aromatic rings. The number of carboxylic acid groups (broad SMARTS) is 1. The van der Waals surface area contributed by atoms with E-state index in [2.05, 4.69) is 20.9 Å². The van der Waals surface area contributed by atoms with Gasteiger partial charge in [-0.3, -0.25) is 0 Å². The topological polar surface area (TPSA) is 66.2 Å². The number of carboxylic acids is 1. The van der Waals surface area contributed by atoms with Crippen LogP contribution in [0.5, 0.6) is 0 Å². The standard InChI is InChI=1S/C7H4BrNO3/c8-4-5(7(10)11)9-3-1-2-12-6(3)4/h1-2,9H,(H,10,11). The maximum absolute atomic E-state index is 10.6. The molecule has 2 rings (SSSR count). The number of aromatic carboxylic acids is 1. The van der Waals surface area contributed by atoms with Gasteiger partial charge in [-0.15, -0.1) is 0 Å². The van der Waals surface area contributed by atoms with Crippen LogP contribution in [-0.2, 0) is 0 Å². The lowest BCUT2D eigenvalue weighted by Gasteiger charge is -1.87. The molecule has 62 valence electrons. The Morgan fingerprint density at radius 2 is 2.42 bits per heavy atom. The average molecular weight is 230 g/mol. The molecule has 0 amide bonds. The van der Waals surface area contributed by atoms with Crippen molar-refractivity contribution in [2.24, 2.45) is 0 Å². The van der Waals surface area contributed by atoms with Gasteiger partial charge in [0.15, 0.2) is 5.58 Å². The van der Waals surface area contributed by atoms with E-state index in [0.29, 0.717) is 15.6 Å². The van der Waals surface area contributed by atoms with Gasteiger partial charge < -0.3 is 14.5 Å². The monoisotopic (exact) mass is 229 g/mol. The summed E-state index contributed by atoms with van der Waals surface area (Å²) >= 11 is 3.13. The Bertz CT molecular complexity index is 442. The predicted molar refractivity (Wildman–Crippen MR) is 45.2 cm³/mol.